The Morgan fingerprint density at radius 1 is 1.14 bits per heavy atom. The zero-order valence-electron chi connectivity index (χ0n) is 15.8. The van der Waals surface area contributed by atoms with Gasteiger partial charge in [-0.25, -0.2) is 9.37 Å². The molecule has 0 radical (unpaired) electrons. The van der Waals surface area contributed by atoms with Crippen LogP contribution in [0.25, 0.3) is 11.3 Å². The van der Waals surface area contributed by atoms with Crippen LogP contribution in [0.5, 0.6) is 0 Å². The summed E-state index contributed by atoms with van der Waals surface area (Å²) in [5, 5.41) is 3.12. The summed E-state index contributed by atoms with van der Waals surface area (Å²) in [6.45, 7) is 2.02. The van der Waals surface area contributed by atoms with Crippen molar-refractivity contribution in [2.75, 3.05) is 0 Å². The van der Waals surface area contributed by atoms with Gasteiger partial charge in [0.15, 0.2) is 0 Å². The maximum atomic E-state index is 13.4. The second-order valence-electron chi connectivity index (χ2n) is 7.30. The largest absolute Gasteiger partial charge is 0.349 e. The van der Waals surface area contributed by atoms with Gasteiger partial charge in [-0.3, -0.25) is 9.78 Å². The van der Waals surface area contributed by atoms with Crippen LogP contribution in [0.3, 0.4) is 0 Å². The van der Waals surface area contributed by atoms with E-state index in [2.05, 4.69) is 19.9 Å². The van der Waals surface area contributed by atoms with Crippen molar-refractivity contribution in [2.24, 2.45) is 0 Å². The molecule has 144 valence electrons. The first-order chi connectivity index (χ1) is 13.6. The van der Waals surface area contributed by atoms with Crippen molar-refractivity contribution in [3.05, 3.63) is 72.2 Å². The van der Waals surface area contributed by atoms with Gasteiger partial charge in [0, 0.05) is 36.2 Å². The molecule has 1 aliphatic carbocycles. The number of benzene rings is 1. The number of rotatable bonds is 4. The zero-order valence-corrected chi connectivity index (χ0v) is 15.8. The van der Waals surface area contributed by atoms with Crippen molar-refractivity contribution >= 4 is 5.91 Å². The Morgan fingerprint density at radius 2 is 1.96 bits per heavy atom. The minimum atomic E-state index is -0.303. The number of hydrogen-bond donors (Lipinski definition) is 1. The number of hydrogen-bond acceptors (Lipinski definition) is 3. The van der Waals surface area contributed by atoms with Gasteiger partial charge < -0.3 is 9.88 Å². The van der Waals surface area contributed by atoms with E-state index in [1.54, 1.807) is 30.5 Å². The van der Waals surface area contributed by atoms with E-state index in [1.807, 2.05) is 19.3 Å². The molecular formula is C22H23FN4O. The average molecular weight is 378 g/mol. The van der Waals surface area contributed by atoms with Crippen LogP contribution in [-0.4, -0.2) is 26.5 Å². The molecule has 1 amide bonds. The van der Waals surface area contributed by atoms with Gasteiger partial charge in [-0.05, 0) is 56.9 Å². The lowest BCUT2D eigenvalue weighted by Gasteiger charge is -2.30. The van der Waals surface area contributed by atoms with Gasteiger partial charge in [0.05, 0.1) is 11.3 Å². The number of aromatic nitrogens is 3. The van der Waals surface area contributed by atoms with Gasteiger partial charge in [0.2, 0.25) is 0 Å². The summed E-state index contributed by atoms with van der Waals surface area (Å²) in [7, 11) is 0. The van der Waals surface area contributed by atoms with Crippen molar-refractivity contribution in [1.29, 1.82) is 0 Å². The highest BCUT2D eigenvalue weighted by molar-refractivity contribution is 5.94. The molecule has 0 aliphatic heterocycles. The summed E-state index contributed by atoms with van der Waals surface area (Å²) in [6, 6.07) is 10.4. The highest BCUT2D eigenvalue weighted by Crippen LogP contribution is 2.29. The first kappa shape index (κ1) is 18.3. The average Bonchev–Trinajstić information content (AvgIpc) is 3.14. The Bertz CT molecular complexity index is 959. The van der Waals surface area contributed by atoms with Crippen molar-refractivity contribution in [3.8, 4) is 11.3 Å². The van der Waals surface area contributed by atoms with E-state index in [4.69, 9.17) is 0 Å². The van der Waals surface area contributed by atoms with E-state index < -0.39 is 0 Å². The van der Waals surface area contributed by atoms with Gasteiger partial charge >= 0.3 is 0 Å². The summed E-state index contributed by atoms with van der Waals surface area (Å²) in [5.41, 5.74) is 1.86. The van der Waals surface area contributed by atoms with Gasteiger partial charge in [0.1, 0.15) is 11.6 Å². The van der Waals surface area contributed by atoms with Crippen LogP contribution in [-0.2, 0) is 0 Å². The molecule has 1 fully saturated rings. The maximum Gasteiger partial charge on any atom is 0.253 e. The SMILES string of the molecule is Cc1nccn1[C@H]1CC[C@H](NC(=O)c2ccc(-c3cccc(F)c3)nc2)CC1. The monoisotopic (exact) mass is 378 g/mol. The summed E-state index contributed by atoms with van der Waals surface area (Å²) in [4.78, 5) is 21.2. The fraction of sp³-hybridized carbons (Fsp3) is 0.318. The Kier molecular flexibility index (Phi) is 5.19. The summed E-state index contributed by atoms with van der Waals surface area (Å²) in [5.74, 6) is 0.625. The lowest BCUT2D eigenvalue weighted by atomic mass is 9.90. The quantitative estimate of drug-likeness (QED) is 0.736. The molecule has 1 aromatic carbocycles. The number of pyridine rings is 1. The van der Waals surface area contributed by atoms with Gasteiger partial charge in [0.25, 0.3) is 5.91 Å². The number of aryl methyl sites for hydroxylation is 1. The number of imidazole rings is 1. The molecule has 0 unspecified atom stereocenters. The minimum Gasteiger partial charge on any atom is -0.349 e. The van der Waals surface area contributed by atoms with Crippen LogP contribution in [0.2, 0.25) is 0 Å². The molecule has 0 spiro atoms. The highest BCUT2D eigenvalue weighted by atomic mass is 19.1. The lowest BCUT2D eigenvalue weighted by Crippen LogP contribution is -2.38. The molecule has 5 nitrogen and oxygen atoms in total. The third-order valence-electron chi connectivity index (χ3n) is 5.43. The third kappa shape index (κ3) is 3.96. The Balaban J connectivity index is 1.35. The second-order valence-corrected chi connectivity index (χ2v) is 7.30. The number of carbonyl (C=O) groups excluding carboxylic acids is 1. The standard InChI is InChI=1S/C22H23FN4O/c1-15-24-11-12-27(15)20-8-6-19(7-9-20)26-22(28)17-5-10-21(25-14-17)16-3-2-4-18(23)13-16/h2-5,10-14,19-20H,6-9H2,1H3,(H,26,28)/t19-,20-. The van der Waals surface area contributed by atoms with Crippen LogP contribution in [0.4, 0.5) is 4.39 Å². The summed E-state index contributed by atoms with van der Waals surface area (Å²) in [6.07, 6.45) is 9.37. The molecule has 4 rings (SSSR count). The van der Waals surface area contributed by atoms with E-state index in [9.17, 15) is 9.18 Å². The smallest absolute Gasteiger partial charge is 0.253 e. The van der Waals surface area contributed by atoms with Crippen molar-refractivity contribution in [1.82, 2.24) is 19.9 Å². The molecule has 0 saturated heterocycles. The molecule has 1 aliphatic rings. The fourth-order valence-corrected chi connectivity index (χ4v) is 3.89. The van der Waals surface area contributed by atoms with Crippen molar-refractivity contribution in [2.45, 2.75) is 44.7 Å². The van der Waals surface area contributed by atoms with Gasteiger partial charge in [-0.15, -0.1) is 0 Å². The molecular weight excluding hydrogens is 355 g/mol. The lowest BCUT2D eigenvalue weighted by molar-refractivity contribution is 0.0922. The zero-order chi connectivity index (χ0) is 19.5. The maximum absolute atomic E-state index is 13.4. The Morgan fingerprint density at radius 3 is 2.61 bits per heavy atom. The number of halogens is 1. The molecule has 1 saturated carbocycles. The highest BCUT2D eigenvalue weighted by Gasteiger charge is 2.24. The number of amides is 1. The number of carbonyl (C=O) groups is 1. The van der Waals surface area contributed by atoms with Crippen molar-refractivity contribution in [3.63, 3.8) is 0 Å². The predicted molar refractivity (Wildman–Crippen MR) is 105 cm³/mol. The minimum absolute atomic E-state index is 0.111. The third-order valence-corrected chi connectivity index (χ3v) is 5.43. The summed E-state index contributed by atoms with van der Waals surface area (Å²) < 4.78 is 15.6. The van der Waals surface area contributed by atoms with E-state index in [0.717, 1.165) is 31.5 Å². The van der Waals surface area contributed by atoms with Crippen molar-refractivity contribution < 1.29 is 9.18 Å². The molecule has 2 aromatic heterocycles. The van der Waals surface area contributed by atoms with E-state index >= 15 is 0 Å². The van der Waals surface area contributed by atoms with Gasteiger partial charge in [-0.2, -0.15) is 0 Å². The van der Waals surface area contributed by atoms with Crippen LogP contribution in [0.15, 0.2) is 55.0 Å². The second kappa shape index (κ2) is 7.92. The van der Waals surface area contributed by atoms with E-state index in [1.165, 1.54) is 12.1 Å². The molecule has 2 heterocycles. The molecule has 28 heavy (non-hydrogen) atoms. The summed E-state index contributed by atoms with van der Waals surface area (Å²) >= 11 is 0. The molecule has 0 atom stereocenters. The normalized spacial score (nSPS) is 19.4. The molecule has 3 aromatic rings. The topological polar surface area (TPSA) is 59.8 Å². The first-order valence-electron chi connectivity index (χ1n) is 9.62. The number of nitrogens with zero attached hydrogens (tertiary/aromatic N) is 3. The first-order valence-corrected chi connectivity index (χ1v) is 9.62. The Hall–Kier alpha value is -3.02. The van der Waals surface area contributed by atoms with Crippen LogP contribution < -0.4 is 5.32 Å². The van der Waals surface area contributed by atoms with E-state index in [0.29, 0.717) is 22.9 Å². The van der Waals surface area contributed by atoms with Crippen LogP contribution in [0, 0.1) is 12.7 Å². The Labute approximate surface area is 163 Å². The van der Waals surface area contributed by atoms with Crippen LogP contribution in [0.1, 0.15) is 47.9 Å². The van der Waals surface area contributed by atoms with Crippen LogP contribution >= 0.6 is 0 Å². The van der Waals surface area contributed by atoms with E-state index in [-0.39, 0.29) is 17.8 Å². The molecule has 1 N–H and O–H groups in total. The van der Waals surface area contributed by atoms with Gasteiger partial charge in [-0.1, -0.05) is 12.1 Å². The fourth-order valence-electron chi connectivity index (χ4n) is 3.89. The molecule has 6 heteroatoms. The number of nitrogens with one attached hydrogen (secondary N) is 1. The molecule has 0 bridgehead atoms. The predicted octanol–water partition coefficient (Wildman–Crippen LogP) is 4.31.